The number of hydrogen-bond donors (Lipinski definition) is 1. The number of nitrogens with one attached hydrogen (secondary N) is 1. The zero-order valence-electron chi connectivity index (χ0n) is 5.13. The van der Waals surface area contributed by atoms with Crippen molar-refractivity contribution in [2.24, 2.45) is 0 Å². The van der Waals surface area contributed by atoms with Crippen LogP contribution in [-0.4, -0.2) is 16.0 Å². The summed E-state index contributed by atoms with van der Waals surface area (Å²) in [5, 5.41) is 0. The van der Waals surface area contributed by atoms with Crippen molar-refractivity contribution in [3.05, 3.63) is 32.9 Å². The molecule has 5 nitrogen and oxygen atoms in total. The van der Waals surface area contributed by atoms with Crippen LogP contribution >= 0.6 is 0 Å². The fraction of sp³-hybridized carbons (Fsp3) is 0. The van der Waals surface area contributed by atoms with Gasteiger partial charge in [0.05, 0.1) is 6.20 Å². The molecule has 1 rings (SSSR count). The van der Waals surface area contributed by atoms with E-state index >= 15 is 0 Å². The van der Waals surface area contributed by atoms with E-state index in [0.29, 0.717) is 6.20 Å². The lowest BCUT2D eigenvalue weighted by atomic mass is 10.6. The third-order valence-electron chi connectivity index (χ3n) is 0.997. The topological polar surface area (TPSA) is 71.9 Å². The molecule has 57 valence electrons. The lowest BCUT2D eigenvalue weighted by Gasteiger charge is -1.89. The first-order valence-electron chi connectivity index (χ1n) is 2.55. The van der Waals surface area contributed by atoms with E-state index in [2.05, 4.69) is 0 Å². The zero-order chi connectivity index (χ0) is 8.43. The second-order valence-corrected chi connectivity index (χ2v) is 1.70. The van der Waals surface area contributed by atoms with Crippen molar-refractivity contribution in [3.8, 4) is 0 Å². The quantitative estimate of drug-likeness (QED) is 0.544. The Morgan fingerprint density at radius 1 is 1.55 bits per heavy atom. The van der Waals surface area contributed by atoms with Gasteiger partial charge in [0.2, 0.25) is 5.82 Å². The Morgan fingerprint density at radius 3 is 2.73 bits per heavy atom. The van der Waals surface area contributed by atoms with Gasteiger partial charge in [-0.2, -0.15) is 4.39 Å². The van der Waals surface area contributed by atoms with E-state index < -0.39 is 17.1 Å². The summed E-state index contributed by atoms with van der Waals surface area (Å²) in [5.41, 5.74) is -2.16. The number of aromatic amines is 1. The highest BCUT2D eigenvalue weighted by Gasteiger charge is 2.01. The van der Waals surface area contributed by atoms with Crippen molar-refractivity contribution in [3.63, 3.8) is 0 Å². The minimum Gasteiger partial charge on any atom is -0.271 e. The van der Waals surface area contributed by atoms with Crippen LogP contribution in [0.4, 0.5) is 4.39 Å². The van der Waals surface area contributed by atoms with Crippen molar-refractivity contribution in [1.82, 2.24) is 9.55 Å². The van der Waals surface area contributed by atoms with Crippen molar-refractivity contribution >= 4 is 6.41 Å². The van der Waals surface area contributed by atoms with Crippen LogP contribution in [0.25, 0.3) is 0 Å². The van der Waals surface area contributed by atoms with Gasteiger partial charge in [-0.05, 0) is 0 Å². The molecular formula is C5H2FN2O3. The number of nitrogens with zero attached hydrogens (tertiary/aromatic N) is 1. The molecule has 0 saturated carbocycles. The van der Waals surface area contributed by atoms with Crippen LogP contribution in [0.3, 0.4) is 0 Å². The summed E-state index contributed by atoms with van der Waals surface area (Å²) in [4.78, 5) is 32.2. The summed E-state index contributed by atoms with van der Waals surface area (Å²) in [6.07, 6.45) is 1.57. The second kappa shape index (κ2) is 2.49. The molecule has 0 unspecified atom stereocenters. The van der Waals surface area contributed by atoms with Crippen LogP contribution in [0.5, 0.6) is 0 Å². The molecule has 1 radical (unpaired) electrons. The number of H-pyrrole nitrogens is 1. The smallest absolute Gasteiger partial charge is 0.271 e. The van der Waals surface area contributed by atoms with Gasteiger partial charge in [-0.25, -0.2) is 9.36 Å². The third-order valence-corrected chi connectivity index (χ3v) is 0.997. The number of hydrogen-bond acceptors (Lipinski definition) is 3. The minimum absolute atomic E-state index is 0.275. The maximum atomic E-state index is 12.3. The van der Waals surface area contributed by atoms with E-state index in [0.717, 1.165) is 6.41 Å². The highest BCUT2D eigenvalue weighted by molar-refractivity contribution is 5.50. The van der Waals surface area contributed by atoms with E-state index in [1.807, 2.05) is 0 Å². The van der Waals surface area contributed by atoms with Crippen LogP contribution in [-0.2, 0) is 4.79 Å². The summed E-state index contributed by atoms with van der Waals surface area (Å²) >= 11 is 0. The van der Waals surface area contributed by atoms with Gasteiger partial charge in [0, 0.05) is 0 Å². The number of halogens is 1. The maximum absolute atomic E-state index is 12.3. The number of rotatable bonds is 1. The van der Waals surface area contributed by atoms with E-state index in [4.69, 9.17) is 0 Å². The van der Waals surface area contributed by atoms with Gasteiger partial charge in [-0.15, -0.1) is 0 Å². The highest BCUT2D eigenvalue weighted by atomic mass is 19.1. The predicted octanol–water partition coefficient (Wildman–Crippen LogP) is -1.41. The van der Waals surface area contributed by atoms with Crippen LogP contribution in [0.15, 0.2) is 15.8 Å². The van der Waals surface area contributed by atoms with E-state index in [1.165, 1.54) is 0 Å². The van der Waals surface area contributed by atoms with Crippen LogP contribution < -0.4 is 11.2 Å². The molecule has 0 aliphatic heterocycles. The van der Waals surface area contributed by atoms with Crippen LogP contribution in [0.2, 0.25) is 0 Å². The Balaban J connectivity index is 3.57. The SMILES string of the molecule is O=[C]n1cc(F)c(=O)[nH]c1=O. The molecule has 0 aromatic carbocycles. The molecule has 1 aromatic rings. The van der Waals surface area contributed by atoms with Crippen LogP contribution in [0, 0.1) is 5.82 Å². The molecule has 11 heavy (non-hydrogen) atoms. The largest absolute Gasteiger partial charge is 0.335 e. The number of aromatic nitrogens is 2. The van der Waals surface area contributed by atoms with Crippen LogP contribution in [0.1, 0.15) is 0 Å². The van der Waals surface area contributed by atoms with Gasteiger partial charge >= 0.3 is 12.1 Å². The van der Waals surface area contributed by atoms with Crippen molar-refractivity contribution in [2.45, 2.75) is 0 Å². The van der Waals surface area contributed by atoms with Crippen molar-refractivity contribution in [2.75, 3.05) is 0 Å². The molecule has 1 heterocycles. The van der Waals surface area contributed by atoms with Gasteiger partial charge in [-0.3, -0.25) is 14.6 Å². The first-order chi connectivity index (χ1) is 5.15. The molecule has 1 N–H and O–H groups in total. The molecule has 0 amide bonds. The van der Waals surface area contributed by atoms with Gasteiger partial charge in [-0.1, -0.05) is 0 Å². The average molecular weight is 157 g/mol. The summed E-state index contributed by atoms with van der Waals surface area (Å²) in [6.45, 7) is 0. The Bertz CT molecular complexity index is 391. The van der Waals surface area contributed by atoms with Gasteiger partial charge in [0.25, 0.3) is 5.56 Å². The first kappa shape index (κ1) is 7.39. The molecule has 0 saturated heterocycles. The monoisotopic (exact) mass is 157 g/mol. The fourth-order valence-electron chi connectivity index (χ4n) is 0.515. The molecule has 0 aliphatic carbocycles. The third kappa shape index (κ3) is 1.23. The van der Waals surface area contributed by atoms with E-state index in [1.54, 1.807) is 4.98 Å². The predicted molar refractivity (Wildman–Crippen MR) is 32.4 cm³/mol. The molecule has 6 heteroatoms. The molecule has 0 fully saturated rings. The molecule has 0 aliphatic rings. The summed E-state index contributed by atoms with van der Waals surface area (Å²) < 4.78 is 12.5. The number of carbonyl (C=O) groups excluding carboxylic acids is 1. The average Bonchev–Trinajstić information content (AvgIpc) is 1.97. The molecule has 0 spiro atoms. The fourth-order valence-corrected chi connectivity index (χ4v) is 0.515. The maximum Gasteiger partial charge on any atom is 0.335 e. The standard InChI is InChI=1S/C5H2FN2O3/c6-3-1-8(2-9)5(11)7-4(3)10/h1H,(H,7,10,11). The van der Waals surface area contributed by atoms with Gasteiger partial charge < -0.3 is 0 Å². The summed E-state index contributed by atoms with van der Waals surface area (Å²) in [7, 11) is 0. The Morgan fingerprint density at radius 2 is 2.18 bits per heavy atom. The second-order valence-electron chi connectivity index (χ2n) is 1.70. The highest BCUT2D eigenvalue weighted by Crippen LogP contribution is 1.78. The van der Waals surface area contributed by atoms with Gasteiger partial charge in [0.1, 0.15) is 0 Å². The minimum atomic E-state index is -1.20. The molecule has 0 atom stereocenters. The van der Waals surface area contributed by atoms with E-state index in [-0.39, 0.29) is 4.57 Å². The molecule has 1 aromatic heterocycles. The van der Waals surface area contributed by atoms with Gasteiger partial charge in [0.15, 0.2) is 0 Å². The molecule has 0 bridgehead atoms. The van der Waals surface area contributed by atoms with Crippen molar-refractivity contribution < 1.29 is 9.18 Å². The Hall–Kier alpha value is -1.72. The lowest BCUT2D eigenvalue weighted by molar-refractivity contribution is 0.535. The normalized spacial score (nSPS) is 9.55. The Kier molecular flexibility index (Phi) is 1.67. The summed E-state index contributed by atoms with van der Waals surface area (Å²) in [6, 6.07) is 0. The zero-order valence-corrected chi connectivity index (χ0v) is 5.13. The molecular weight excluding hydrogens is 155 g/mol. The van der Waals surface area contributed by atoms with E-state index in [9.17, 15) is 18.8 Å². The van der Waals surface area contributed by atoms with Crippen molar-refractivity contribution in [1.29, 1.82) is 0 Å². The first-order valence-corrected chi connectivity index (χ1v) is 2.55. The Labute approximate surface area is 59.1 Å². The summed E-state index contributed by atoms with van der Waals surface area (Å²) in [5.74, 6) is -1.20. The lowest BCUT2D eigenvalue weighted by Crippen LogP contribution is -2.31.